The average Bonchev–Trinajstić information content (AvgIpc) is 1.59. The molecular weight excluding hydrogens is 2020 g/mol. The maximum Gasteiger partial charge on any atom is 0.379 e. The number of fused-ring (bicyclic) bond motifs is 5. The van der Waals surface area contributed by atoms with E-state index in [-0.39, 0.29) is 51.7 Å². The minimum absolute atomic E-state index is 0.0116. The van der Waals surface area contributed by atoms with Gasteiger partial charge in [0.25, 0.3) is 17.6 Å². The number of aromatic carboxylic acids is 2. The van der Waals surface area contributed by atoms with Crippen molar-refractivity contribution in [2.75, 3.05) is 42.7 Å². The molecule has 32 nitrogen and oxygen atoms in total. The number of aromatic nitrogens is 10. The molecule has 140 heavy (non-hydrogen) atoms. The summed E-state index contributed by atoms with van der Waals surface area (Å²) in [5.41, 5.74) is 15.4. The lowest BCUT2D eigenvalue weighted by Gasteiger charge is -2.09. The van der Waals surface area contributed by atoms with Crippen LogP contribution in [0.5, 0.6) is 11.5 Å². The van der Waals surface area contributed by atoms with Crippen molar-refractivity contribution in [1.29, 1.82) is 0 Å². The van der Waals surface area contributed by atoms with Crippen LogP contribution in [-0.2, 0) is 54.1 Å². The Labute approximate surface area is 839 Å². The molecule has 1 aliphatic rings. The quantitative estimate of drug-likeness (QED) is 0.0133. The number of carboxylic acid groups (broad SMARTS) is 2. The standard InChI is InChI=1S/C25H16ClN3O5.C18H13ClN2O5.C15H11ClN2O2.C14H9ClN2O2.C9H11NO2.C8H6ClN.C7H6BrNO2.C2Cl2O2.C2H6/c1-34-20-5-3-2-4-16(20)21-22(24(31)28-23(21)30)18-12-29(19-7-6-14(26)9-17(18)19)15-8-13(25(32)33)10-27-11-15;1-25-17(23)10-5-12(8-20-7-10)21-9-14(16(22)18(24)26-2)13-6-11(19)3-4-15(13)21;1-20-15(19)11-7-13(9-17-8-11)18-5-4-10-6-12(16)2-3-14(10)18;15-11-1-2-13-9(5-11)3-4-17(13)12-6-10(14(18)19)7-16-8-12;1-12-8-5-3-2-4-7(8)6-9(10)11;9-7-1-2-8-6(5-7)3-4-10-8;1-11-7(10)5-2-6(8)4-9-3-5;3-1(5)2(4)6;1-2/h2-12H,1H3,(H,32,33)(H,28,30,31);3-9H,1-2H3;2-9H,1H3;1-8H,(H,18,19);2-5H,6H2,1H3,(H2,10,11);1-5,10H;2-4H,1H3;;1-2H3. The fourth-order valence-corrected chi connectivity index (χ4v) is 14.8. The number of pyridine rings is 5. The number of primary amides is 1. The van der Waals surface area contributed by atoms with Crippen molar-refractivity contribution in [2.24, 2.45) is 5.73 Å². The molecule has 0 radical (unpaired) electrons. The van der Waals surface area contributed by atoms with Gasteiger partial charge in [-0.2, -0.15) is 0 Å². The molecule has 0 atom stereocenters. The number of hydrogen-bond acceptors (Lipinski definition) is 23. The van der Waals surface area contributed by atoms with E-state index in [1.165, 1.54) is 84.1 Å². The fourth-order valence-electron chi connectivity index (χ4n) is 13.5. The van der Waals surface area contributed by atoms with E-state index in [1.807, 2.05) is 127 Å². The number of carboxylic acids is 2. The molecule has 10 aromatic heterocycles. The van der Waals surface area contributed by atoms with Gasteiger partial charge >= 0.3 is 46.3 Å². The highest BCUT2D eigenvalue weighted by Gasteiger charge is 2.36. The normalized spacial score (nSPS) is 10.9. The Morgan fingerprint density at radius 3 is 1.26 bits per heavy atom. The van der Waals surface area contributed by atoms with Gasteiger partial charge in [-0.1, -0.05) is 108 Å². The second-order valence-corrected chi connectivity index (χ2v) is 32.2. The number of aromatic amines is 1. The lowest BCUT2D eigenvalue weighted by Crippen LogP contribution is -2.22. The topological polar surface area (TPSA) is 439 Å². The zero-order valence-corrected chi connectivity index (χ0v) is 81.5. The summed E-state index contributed by atoms with van der Waals surface area (Å²) in [7, 11) is 8.15. The number of nitrogens with two attached hydrogens (primary N) is 1. The van der Waals surface area contributed by atoms with Crippen LogP contribution in [0.4, 0.5) is 0 Å². The van der Waals surface area contributed by atoms with E-state index in [1.54, 1.807) is 138 Å². The van der Waals surface area contributed by atoms with Crippen LogP contribution >= 0.6 is 97.1 Å². The largest absolute Gasteiger partial charge is 0.496 e. The van der Waals surface area contributed by atoms with E-state index < -0.39 is 57.9 Å². The smallest absolute Gasteiger partial charge is 0.379 e. The molecule has 40 heteroatoms. The lowest BCUT2D eigenvalue weighted by atomic mass is 9.95. The number of H-pyrrole nitrogens is 1. The summed E-state index contributed by atoms with van der Waals surface area (Å²) in [5.74, 6) is -5.49. The Balaban J connectivity index is 0.000000172. The van der Waals surface area contributed by atoms with Crippen molar-refractivity contribution in [3.63, 3.8) is 0 Å². The van der Waals surface area contributed by atoms with E-state index in [2.05, 4.69) is 83.8 Å². The maximum absolute atomic E-state index is 13.0. The highest BCUT2D eigenvalue weighted by atomic mass is 79.9. The van der Waals surface area contributed by atoms with Gasteiger partial charge in [0, 0.05) is 147 Å². The third-order valence-corrected chi connectivity index (χ3v) is 21.8. The van der Waals surface area contributed by atoms with Crippen molar-refractivity contribution >= 4 is 233 Å². The minimum atomic E-state index is -1.14. The number of esters is 4. The van der Waals surface area contributed by atoms with Crippen LogP contribution in [0, 0.1) is 0 Å². The first-order chi connectivity index (χ1) is 67.1. The molecule has 0 fully saturated rings. The number of halogens is 8. The number of carbonyl (C=O) groups is 12. The minimum Gasteiger partial charge on any atom is -0.496 e. The average molecular weight is 2100 g/mol. The monoisotopic (exact) mass is 2090 g/mol. The van der Waals surface area contributed by atoms with Gasteiger partial charge < -0.3 is 67.6 Å². The third-order valence-electron chi connectivity index (χ3n) is 19.7. The van der Waals surface area contributed by atoms with Crippen LogP contribution in [0.1, 0.15) is 92.7 Å². The van der Waals surface area contributed by atoms with Gasteiger partial charge in [-0.25, -0.2) is 28.8 Å². The van der Waals surface area contributed by atoms with E-state index in [9.17, 15) is 62.6 Å². The van der Waals surface area contributed by atoms with Gasteiger partial charge in [0.2, 0.25) is 5.91 Å². The Bertz CT molecular complexity index is 7590. The van der Waals surface area contributed by atoms with Gasteiger partial charge in [0.15, 0.2) is 0 Å². The number of ketones is 1. The van der Waals surface area contributed by atoms with Crippen molar-refractivity contribution in [3.05, 3.63) is 361 Å². The number of imide groups is 1. The third kappa shape index (κ3) is 27.2. The highest BCUT2D eigenvalue weighted by molar-refractivity contribution is 9.10. The molecule has 0 spiro atoms. The Morgan fingerprint density at radius 2 is 0.800 bits per heavy atom. The van der Waals surface area contributed by atoms with Crippen molar-refractivity contribution in [2.45, 2.75) is 20.3 Å². The highest BCUT2D eigenvalue weighted by Crippen LogP contribution is 2.41. The summed E-state index contributed by atoms with van der Waals surface area (Å²) >= 11 is 42.2. The molecule has 7 aromatic carbocycles. The van der Waals surface area contributed by atoms with Crippen molar-refractivity contribution in [3.8, 4) is 34.2 Å². The van der Waals surface area contributed by atoms with Gasteiger partial charge in [0.05, 0.1) is 163 Å². The number of nitrogens with one attached hydrogen (secondary N) is 2. The van der Waals surface area contributed by atoms with Crippen molar-refractivity contribution in [1.82, 2.24) is 53.5 Å². The van der Waals surface area contributed by atoms with Crippen LogP contribution in [0.15, 0.2) is 285 Å². The number of Topliss-reactive ketones (excluding diaryl/α,β-unsaturated/α-hetero) is 1. The number of methoxy groups -OCH3 is 6. The van der Waals surface area contributed by atoms with Crippen LogP contribution in [0.2, 0.25) is 25.1 Å². The van der Waals surface area contributed by atoms with Crippen LogP contribution in [0.25, 0.3) is 88.4 Å². The molecule has 0 unspecified atom stereocenters. The van der Waals surface area contributed by atoms with Gasteiger partial charge in [-0.15, -0.1) is 0 Å². The summed E-state index contributed by atoms with van der Waals surface area (Å²) in [6.45, 7) is 4.00. The number of hydrogen-bond donors (Lipinski definition) is 5. The fraction of sp³-hybridized carbons (Fsp3) is 0.0900. The van der Waals surface area contributed by atoms with Gasteiger partial charge in [-0.3, -0.25) is 59.0 Å². The van der Waals surface area contributed by atoms with Crippen LogP contribution < -0.4 is 20.5 Å². The predicted molar refractivity (Wildman–Crippen MR) is 536 cm³/mol. The molecule has 0 saturated heterocycles. The van der Waals surface area contributed by atoms with E-state index in [0.717, 1.165) is 60.6 Å². The molecule has 18 rings (SSSR count). The van der Waals surface area contributed by atoms with Gasteiger partial charge in [-0.05, 0) is 191 Å². The van der Waals surface area contributed by atoms with Gasteiger partial charge in [0.1, 0.15) is 11.5 Å². The second kappa shape index (κ2) is 50.4. The number of carbonyl (C=O) groups excluding carboxylic acids is 10. The Morgan fingerprint density at radius 1 is 0.407 bits per heavy atom. The number of rotatable bonds is 18. The molecule has 3 amide bonds. The SMILES string of the molecule is CC.COC(=O)C(=O)c1cn(-c2cncc(C(=O)OC)c2)c2ccc(Cl)cc12.COC(=O)c1cncc(-n2ccc3cc(Cl)ccc32)c1.COC(=O)c1cncc(Br)c1.COc1ccccc1C1=C(c2cn(-c3cncc(C(=O)O)c3)c3ccc(Cl)cc23)C(=O)NC1=O.COc1ccccc1CC(N)=O.Clc1ccc2[nH]ccc2c1.O=C(Cl)C(=O)Cl.O=C(O)c1cncc(-n2ccc3cc(Cl)ccc32)c1. The van der Waals surface area contributed by atoms with E-state index in [0.29, 0.717) is 92.7 Å². The maximum atomic E-state index is 13.0. The molecule has 0 saturated carbocycles. The van der Waals surface area contributed by atoms with E-state index >= 15 is 0 Å². The van der Waals surface area contributed by atoms with E-state index in [4.69, 9.17) is 87.8 Å². The number of ether oxygens (including phenoxy) is 6. The molecule has 0 aliphatic carbocycles. The molecule has 0 bridgehead atoms. The van der Waals surface area contributed by atoms with Crippen LogP contribution in [-0.4, -0.2) is 171 Å². The first-order valence-electron chi connectivity index (χ1n) is 40.8. The Hall–Kier alpha value is -15.7. The van der Waals surface area contributed by atoms with Crippen LogP contribution in [0.3, 0.4) is 0 Å². The molecule has 1 aliphatic heterocycles. The zero-order chi connectivity index (χ0) is 102. The summed E-state index contributed by atoms with van der Waals surface area (Å²) in [4.78, 5) is 159. The number of nitrogens with zero attached hydrogens (tertiary/aromatic N) is 9. The predicted octanol–water partition coefficient (Wildman–Crippen LogP) is 20.3. The summed E-state index contributed by atoms with van der Waals surface area (Å²) in [5, 5.41) is 25.7. The Kier molecular flexibility index (Phi) is 38.3. The van der Waals surface area contributed by atoms with Crippen molar-refractivity contribution < 1.29 is 96.2 Å². The first-order valence-corrected chi connectivity index (χ1v) is 44.3. The summed E-state index contributed by atoms with van der Waals surface area (Å²) in [6.07, 6.45) is 23.9. The molecule has 11 heterocycles. The molecule has 714 valence electrons. The molecule has 6 N–H and O–H groups in total. The summed E-state index contributed by atoms with van der Waals surface area (Å²) < 4.78 is 36.8. The number of amides is 3. The number of benzene rings is 7. The second-order valence-electron chi connectivity index (χ2n) is 28.4. The lowest BCUT2D eigenvalue weighted by molar-refractivity contribution is -0.135. The molecule has 17 aromatic rings. The first kappa shape index (κ1) is 106. The molecular formula is C100H78BrCl7N12O20. The number of para-hydroxylation sites is 2. The summed E-state index contributed by atoms with van der Waals surface area (Å²) in [6, 6.07) is 55.3. The zero-order valence-electron chi connectivity index (χ0n) is 74.6.